The number of nitrogens with one attached hydrogen (secondary N) is 1. The molecule has 0 saturated heterocycles. The van der Waals surface area contributed by atoms with Gasteiger partial charge in [-0.1, -0.05) is 13.8 Å². The number of aromatic nitrogens is 3. The van der Waals surface area contributed by atoms with Crippen molar-refractivity contribution in [1.82, 2.24) is 24.8 Å². The van der Waals surface area contributed by atoms with Gasteiger partial charge >= 0.3 is 6.03 Å². The fourth-order valence-electron chi connectivity index (χ4n) is 2.53. The Kier molecular flexibility index (Phi) is 6.35. The maximum Gasteiger partial charge on any atom is 0.317 e. The summed E-state index contributed by atoms with van der Waals surface area (Å²) in [6.07, 6.45) is 5.33. The summed E-state index contributed by atoms with van der Waals surface area (Å²) in [4.78, 5) is 22.7. The zero-order chi connectivity index (χ0) is 17.5. The number of nitrogens with zero attached hydrogens (tertiary/aromatic N) is 4. The number of hydrogen-bond donors (Lipinski definition) is 1. The standard InChI is InChI=1S/C18H27N5O/c1-14(2)11-23(12-17-5-7-19-8-6-17)18(24)20-9-10-22-13-21-15(3)16(22)4/h5-8,13-14H,9-12H2,1-4H3,(H,20,24). The first-order chi connectivity index (χ1) is 11.5. The second kappa shape index (κ2) is 8.47. The number of amides is 2. The summed E-state index contributed by atoms with van der Waals surface area (Å²) in [6, 6.07) is 3.85. The predicted molar refractivity (Wildman–Crippen MR) is 94.6 cm³/mol. The van der Waals surface area contributed by atoms with Crippen LogP contribution in [-0.2, 0) is 13.1 Å². The molecule has 2 aromatic rings. The molecule has 2 rings (SSSR count). The minimum atomic E-state index is -0.0324. The van der Waals surface area contributed by atoms with E-state index in [1.165, 1.54) is 0 Å². The first-order valence-electron chi connectivity index (χ1n) is 8.37. The van der Waals surface area contributed by atoms with E-state index < -0.39 is 0 Å². The SMILES string of the molecule is Cc1ncn(CCNC(=O)N(Cc2ccncc2)CC(C)C)c1C. The van der Waals surface area contributed by atoms with Gasteiger partial charge < -0.3 is 14.8 Å². The lowest BCUT2D eigenvalue weighted by atomic mass is 10.2. The Morgan fingerprint density at radius 1 is 1.29 bits per heavy atom. The van der Waals surface area contributed by atoms with Gasteiger partial charge in [-0.05, 0) is 37.5 Å². The number of pyridine rings is 1. The Balaban J connectivity index is 1.91. The Labute approximate surface area is 143 Å². The second-order valence-corrected chi connectivity index (χ2v) is 6.47. The molecule has 0 spiro atoms. The molecule has 0 aliphatic carbocycles. The Hall–Kier alpha value is -2.37. The van der Waals surface area contributed by atoms with Crippen LogP contribution in [0.2, 0.25) is 0 Å². The van der Waals surface area contributed by atoms with Crippen molar-refractivity contribution < 1.29 is 4.79 Å². The van der Waals surface area contributed by atoms with Crippen LogP contribution in [0.5, 0.6) is 0 Å². The Morgan fingerprint density at radius 3 is 2.58 bits per heavy atom. The first kappa shape index (κ1) is 18.0. The number of carbonyl (C=O) groups excluding carboxylic acids is 1. The van der Waals surface area contributed by atoms with Crippen LogP contribution in [0.1, 0.15) is 30.8 Å². The third kappa shape index (κ3) is 5.08. The quantitative estimate of drug-likeness (QED) is 0.849. The largest absolute Gasteiger partial charge is 0.336 e. The monoisotopic (exact) mass is 329 g/mol. The van der Waals surface area contributed by atoms with Crippen LogP contribution < -0.4 is 5.32 Å². The van der Waals surface area contributed by atoms with Crippen LogP contribution >= 0.6 is 0 Å². The summed E-state index contributed by atoms with van der Waals surface area (Å²) in [6.45, 7) is 10.9. The van der Waals surface area contributed by atoms with E-state index in [4.69, 9.17) is 0 Å². The van der Waals surface area contributed by atoms with Crippen LogP contribution in [-0.4, -0.2) is 38.6 Å². The number of rotatable bonds is 7. The van der Waals surface area contributed by atoms with Crippen LogP contribution in [0.15, 0.2) is 30.9 Å². The van der Waals surface area contributed by atoms with Gasteiger partial charge in [0.2, 0.25) is 0 Å². The highest BCUT2D eigenvalue weighted by atomic mass is 16.2. The molecule has 130 valence electrons. The summed E-state index contributed by atoms with van der Waals surface area (Å²) in [7, 11) is 0. The van der Waals surface area contributed by atoms with E-state index in [-0.39, 0.29) is 6.03 Å². The van der Waals surface area contributed by atoms with Gasteiger partial charge in [-0.15, -0.1) is 0 Å². The van der Waals surface area contributed by atoms with Crippen molar-refractivity contribution in [2.75, 3.05) is 13.1 Å². The number of urea groups is 1. The van der Waals surface area contributed by atoms with Crippen molar-refractivity contribution in [2.24, 2.45) is 5.92 Å². The summed E-state index contributed by atoms with van der Waals surface area (Å²) in [5, 5.41) is 3.02. The van der Waals surface area contributed by atoms with Crippen LogP contribution in [0.3, 0.4) is 0 Å². The lowest BCUT2D eigenvalue weighted by molar-refractivity contribution is 0.187. The fourth-order valence-corrected chi connectivity index (χ4v) is 2.53. The molecule has 0 unspecified atom stereocenters. The Bertz CT molecular complexity index is 651. The van der Waals surface area contributed by atoms with Crippen molar-refractivity contribution in [3.05, 3.63) is 47.8 Å². The molecule has 0 aliphatic heterocycles. The van der Waals surface area contributed by atoms with Gasteiger partial charge in [0.05, 0.1) is 12.0 Å². The summed E-state index contributed by atoms with van der Waals surface area (Å²) >= 11 is 0. The molecule has 0 aliphatic rings. The Morgan fingerprint density at radius 2 is 2.00 bits per heavy atom. The molecule has 6 heteroatoms. The van der Waals surface area contributed by atoms with Gasteiger partial charge in [-0.3, -0.25) is 4.98 Å². The third-order valence-corrected chi connectivity index (χ3v) is 3.97. The molecular formula is C18H27N5O. The molecule has 0 saturated carbocycles. The average Bonchev–Trinajstić information content (AvgIpc) is 2.87. The minimum Gasteiger partial charge on any atom is -0.336 e. The van der Waals surface area contributed by atoms with E-state index in [2.05, 4.69) is 33.7 Å². The molecule has 0 radical (unpaired) electrons. The van der Waals surface area contributed by atoms with E-state index >= 15 is 0 Å². The molecule has 0 bridgehead atoms. The predicted octanol–water partition coefficient (Wildman–Crippen LogP) is 2.76. The lowest BCUT2D eigenvalue weighted by Crippen LogP contribution is -2.42. The van der Waals surface area contributed by atoms with Crippen molar-refractivity contribution in [3.8, 4) is 0 Å². The lowest BCUT2D eigenvalue weighted by Gasteiger charge is -2.25. The molecule has 1 N–H and O–H groups in total. The minimum absolute atomic E-state index is 0.0324. The number of aryl methyl sites for hydroxylation is 1. The van der Waals surface area contributed by atoms with Crippen LogP contribution in [0.4, 0.5) is 4.79 Å². The van der Waals surface area contributed by atoms with Crippen LogP contribution in [0.25, 0.3) is 0 Å². The zero-order valence-electron chi connectivity index (χ0n) is 15.0. The maximum absolute atomic E-state index is 12.5. The van der Waals surface area contributed by atoms with E-state index in [1.54, 1.807) is 12.4 Å². The summed E-state index contributed by atoms with van der Waals surface area (Å²) in [5.41, 5.74) is 3.25. The van der Waals surface area contributed by atoms with Gasteiger partial charge in [0, 0.05) is 44.3 Å². The molecular weight excluding hydrogens is 302 g/mol. The van der Waals surface area contributed by atoms with Gasteiger partial charge in [-0.25, -0.2) is 9.78 Å². The molecule has 2 heterocycles. The third-order valence-electron chi connectivity index (χ3n) is 3.97. The molecule has 2 aromatic heterocycles. The summed E-state index contributed by atoms with van der Waals surface area (Å²) in [5.74, 6) is 0.413. The van der Waals surface area contributed by atoms with Gasteiger partial charge in [0.25, 0.3) is 0 Å². The molecule has 0 fully saturated rings. The molecule has 6 nitrogen and oxygen atoms in total. The van der Waals surface area contributed by atoms with Gasteiger partial charge in [0.1, 0.15) is 0 Å². The van der Waals surface area contributed by atoms with Crippen molar-refractivity contribution in [1.29, 1.82) is 0 Å². The first-order valence-corrected chi connectivity index (χ1v) is 8.37. The molecule has 0 aromatic carbocycles. The van der Waals surface area contributed by atoms with Crippen molar-refractivity contribution in [2.45, 2.75) is 40.8 Å². The highest BCUT2D eigenvalue weighted by molar-refractivity contribution is 5.74. The van der Waals surface area contributed by atoms with Crippen molar-refractivity contribution in [3.63, 3.8) is 0 Å². The number of hydrogen-bond acceptors (Lipinski definition) is 3. The zero-order valence-corrected chi connectivity index (χ0v) is 15.0. The van der Waals surface area contributed by atoms with Crippen molar-refractivity contribution >= 4 is 6.03 Å². The van der Waals surface area contributed by atoms with Gasteiger partial charge in [-0.2, -0.15) is 0 Å². The maximum atomic E-state index is 12.5. The van der Waals surface area contributed by atoms with Gasteiger partial charge in [0.15, 0.2) is 0 Å². The smallest absolute Gasteiger partial charge is 0.317 e. The highest BCUT2D eigenvalue weighted by Gasteiger charge is 2.15. The van der Waals surface area contributed by atoms with Crippen LogP contribution in [0, 0.1) is 19.8 Å². The van der Waals surface area contributed by atoms with E-state index in [0.29, 0.717) is 19.0 Å². The fraction of sp³-hybridized carbons (Fsp3) is 0.500. The summed E-state index contributed by atoms with van der Waals surface area (Å²) < 4.78 is 2.06. The van der Waals surface area contributed by atoms with E-state index in [9.17, 15) is 4.79 Å². The average molecular weight is 329 g/mol. The van der Waals surface area contributed by atoms with E-state index in [0.717, 1.165) is 30.0 Å². The normalized spacial score (nSPS) is 10.9. The number of imidazole rings is 1. The number of carbonyl (C=O) groups is 1. The van der Waals surface area contributed by atoms with E-state index in [1.807, 2.05) is 37.2 Å². The highest BCUT2D eigenvalue weighted by Crippen LogP contribution is 2.07. The second-order valence-electron chi connectivity index (χ2n) is 6.47. The molecule has 2 amide bonds. The topological polar surface area (TPSA) is 63.1 Å². The molecule has 24 heavy (non-hydrogen) atoms. The molecule has 0 atom stereocenters.